The molecule has 0 amide bonds. The summed E-state index contributed by atoms with van der Waals surface area (Å²) in [5, 5.41) is 3.46. The Morgan fingerprint density at radius 3 is 3.00 bits per heavy atom. The lowest BCUT2D eigenvalue weighted by Gasteiger charge is -2.19. The van der Waals surface area contributed by atoms with Gasteiger partial charge in [-0.1, -0.05) is 30.4 Å². The molecular weight excluding hydrogens is 224 g/mol. The van der Waals surface area contributed by atoms with Crippen LogP contribution in [0, 0.1) is 0 Å². The third kappa shape index (κ3) is 1.08. The van der Waals surface area contributed by atoms with E-state index in [1.807, 2.05) is 18.2 Å². The smallest absolute Gasteiger partial charge is 0.152 e. The number of benzene rings is 1. The standard InChI is InChI=1S/C15H10N2O/c18-8-9-7-16-14-10(9)5-6-12-11-3-1-2-4-13(11)17-15(12)14/h1-8,15,17H. The number of anilines is 1. The number of nitrogens with zero attached hydrogens (tertiary/aromatic N) is 1. The molecule has 86 valence electrons. The molecular formula is C15H10N2O. The molecule has 18 heavy (non-hydrogen) atoms. The third-order valence-corrected chi connectivity index (χ3v) is 3.61. The summed E-state index contributed by atoms with van der Waals surface area (Å²) in [5.74, 6) is 0. The van der Waals surface area contributed by atoms with Crippen molar-refractivity contribution >= 4 is 23.3 Å². The van der Waals surface area contributed by atoms with Gasteiger partial charge in [-0.15, -0.1) is 0 Å². The number of hydrogen-bond donors (Lipinski definition) is 1. The van der Waals surface area contributed by atoms with Crippen LogP contribution in [0.4, 0.5) is 5.69 Å². The Morgan fingerprint density at radius 2 is 2.11 bits per heavy atom. The van der Waals surface area contributed by atoms with E-state index in [-0.39, 0.29) is 6.04 Å². The highest BCUT2D eigenvalue weighted by molar-refractivity contribution is 6.23. The van der Waals surface area contributed by atoms with E-state index >= 15 is 0 Å². The van der Waals surface area contributed by atoms with Gasteiger partial charge in [0.2, 0.25) is 0 Å². The summed E-state index contributed by atoms with van der Waals surface area (Å²) in [6, 6.07) is 8.31. The maximum atomic E-state index is 10.9. The van der Waals surface area contributed by atoms with Gasteiger partial charge < -0.3 is 5.32 Å². The molecule has 0 saturated heterocycles. The van der Waals surface area contributed by atoms with Crippen LogP contribution in [0.5, 0.6) is 0 Å². The lowest BCUT2D eigenvalue weighted by atomic mass is 9.88. The topological polar surface area (TPSA) is 41.5 Å². The number of allylic oxidation sites excluding steroid dienone is 3. The van der Waals surface area contributed by atoms with E-state index in [9.17, 15) is 4.79 Å². The van der Waals surface area contributed by atoms with Crippen molar-refractivity contribution in [3.05, 3.63) is 59.3 Å². The second-order valence-corrected chi connectivity index (χ2v) is 4.54. The third-order valence-electron chi connectivity index (χ3n) is 3.61. The van der Waals surface area contributed by atoms with Crippen LogP contribution >= 0.6 is 0 Å². The van der Waals surface area contributed by atoms with E-state index in [1.165, 1.54) is 11.1 Å². The van der Waals surface area contributed by atoms with Crippen LogP contribution in [0.25, 0.3) is 5.57 Å². The molecule has 1 unspecified atom stereocenters. The Hall–Kier alpha value is -2.42. The minimum absolute atomic E-state index is 0.0797. The highest BCUT2D eigenvalue weighted by Crippen LogP contribution is 2.40. The first-order chi connectivity index (χ1) is 8.88. The Bertz CT molecular complexity index is 692. The minimum atomic E-state index is 0.0797. The van der Waals surface area contributed by atoms with E-state index in [1.54, 1.807) is 6.20 Å². The van der Waals surface area contributed by atoms with E-state index in [0.717, 1.165) is 23.3 Å². The molecule has 1 aromatic carbocycles. The Morgan fingerprint density at radius 1 is 1.22 bits per heavy atom. The molecule has 0 fully saturated rings. The summed E-state index contributed by atoms with van der Waals surface area (Å²) in [6.45, 7) is 0. The van der Waals surface area contributed by atoms with Crippen LogP contribution in [0.2, 0.25) is 0 Å². The fourth-order valence-electron chi connectivity index (χ4n) is 2.76. The molecule has 2 heterocycles. The molecule has 1 aliphatic carbocycles. The van der Waals surface area contributed by atoms with E-state index in [2.05, 4.69) is 28.5 Å². The molecule has 0 aromatic heterocycles. The Balaban J connectivity index is 1.86. The predicted octanol–water partition coefficient (Wildman–Crippen LogP) is 2.34. The Labute approximate surface area is 104 Å². The summed E-state index contributed by atoms with van der Waals surface area (Å²) in [4.78, 5) is 15.3. The Kier molecular flexibility index (Phi) is 1.75. The van der Waals surface area contributed by atoms with Crippen molar-refractivity contribution in [3.63, 3.8) is 0 Å². The number of hydrogen-bond acceptors (Lipinski definition) is 3. The highest BCUT2D eigenvalue weighted by atomic mass is 16.1. The fourth-order valence-corrected chi connectivity index (χ4v) is 2.76. The zero-order valence-corrected chi connectivity index (χ0v) is 9.55. The molecule has 4 rings (SSSR count). The number of aliphatic imine (C=N–C) groups is 1. The summed E-state index contributed by atoms with van der Waals surface area (Å²) in [6.07, 6.45) is 6.58. The number of nitrogens with one attached hydrogen (secondary N) is 1. The fraction of sp³-hybridized carbons (Fsp3) is 0.0667. The molecule has 3 nitrogen and oxygen atoms in total. The van der Waals surface area contributed by atoms with Gasteiger partial charge in [-0.3, -0.25) is 9.79 Å². The van der Waals surface area contributed by atoms with Gasteiger partial charge in [0.15, 0.2) is 6.29 Å². The zero-order valence-electron chi connectivity index (χ0n) is 9.55. The number of rotatable bonds is 1. The maximum Gasteiger partial charge on any atom is 0.152 e. The van der Waals surface area contributed by atoms with E-state index in [4.69, 9.17) is 0 Å². The molecule has 0 spiro atoms. The summed E-state index contributed by atoms with van der Waals surface area (Å²) in [7, 11) is 0. The highest BCUT2D eigenvalue weighted by Gasteiger charge is 2.35. The predicted molar refractivity (Wildman–Crippen MR) is 71.5 cm³/mol. The summed E-state index contributed by atoms with van der Waals surface area (Å²) in [5.41, 5.74) is 6.14. The van der Waals surface area contributed by atoms with Gasteiger partial charge in [0.25, 0.3) is 0 Å². The monoisotopic (exact) mass is 234 g/mol. The normalized spacial score (nSPS) is 22.8. The first-order valence-corrected chi connectivity index (χ1v) is 5.90. The molecule has 3 heteroatoms. The van der Waals surface area contributed by atoms with Crippen molar-refractivity contribution in [2.75, 3.05) is 5.32 Å². The van der Waals surface area contributed by atoms with Crippen molar-refractivity contribution in [1.29, 1.82) is 0 Å². The van der Waals surface area contributed by atoms with Crippen LogP contribution in [0.1, 0.15) is 5.56 Å². The van der Waals surface area contributed by atoms with Crippen LogP contribution in [-0.2, 0) is 4.79 Å². The van der Waals surface area contributed by atoms with Crippen molar-refractivity contribution in [2.45, 2.75) is 6.04 Å². The van der Waals surface area contributed by atoms with E-state index < -0.39 is 0 Å². The minimum Gasteiger partial charge on any atom is -0.372 e. The number of fused-ring (bicyclic) bond motifs is 5. The number of para-hydroxylation sites is 1. The zero-order chi connectivity index (χ0) is 12.1. The van der Waals surface area contributed by atoms with Crippen LogP contribution in [0.15, 0.2) is 58.8 Å². The van der Waals surface area contributed by atoms with Gasteiger partial charge in [0.05, 0.1) is 11.8 Å². The second-order valence-electron chi connectivity index (χ2n) is 4.54. The first-order valence-electron chi connectivity index (χ1n) is 5.90. The van der Waals surface area contributed by atoms with Crippen LogP contribution in [0.3, 0.4) is 0 Å². The SMILES string of the molecule is O=CC1=CN=C2C1=CC=C1c3ccccc3NC12. The maximum absolute atomic E-state index is 10.9. The quantitative estimate of drug-likeness (QED) is 0.758. The first kappa shape index (κ1) is 9.59. The number of aldehydes is 1. The molecule has 2 aliphatic heterocycles. The molecule has 0 saturated carbocycles. The molecule has 3 aliphatic rings. The lowest BCUT2D eigenvalue weighted by molar-refractivity contribution is -0.104. The van der Waals surface area contributed by atoms with Crippen molar-refractivity contribution in [1.82, 2.24) is 0 Å². The number of carbonyl (C=O) groups is 1. The van der Waals surface area contributed by atoms with Crippen molar-refractivity contribution in [3.8, 4) is 0 Å². The van der Waals surface area contributed by atoms with Crippen LogP contribution in [-0.4, -0.2) is 18.0 Å². The van der Waals surface area contributed by atoms with Gasteiger partial charge >= 0.3 is 0 Å². The lowest BCUT2D eigenvalue weighted by Crippen LogP contribution is -2.29. The van der Waals surface area contributed by atoms with Crippen LogP contribution < -0.4 is 5.32 Å². The van der Waals surface area contributed by atoms with Gasteiger partial charge in [0.1, 0.15) is 0 Å². The van der Waals surface area contributed by atoms with Gasteiger partial charge in [0, 0.05) is 28.6 Å². The molecule has 1 atom stereocenters. The number of carbonyl (C=O) groups excluding carboxylic acids is 1. The molecule has 0 radical (unpaired) electrons. The van der Waals surface area contributed by atoms with E-state index in [0.29, 0.717) is 5.57 Å². The van der Waals surface area contributed by atoms with Gasteiger partial charge in [-0.2, -0.15) is 0 Å². The average molecular weight is 234 g/mol. The van der Waals surface area contributed by atoms with Crippen molar-refractivity contribution in [2.24, 2.45) is 4.99 Å². The average Bonchev–Trinajstić information content (AvgIpc) is 2.99. The summed E-state index contributed by atoms with van der Waals surface area (Å²) < 4.78 is 0. The van der Waals surface area contributed by atoms with Gasteiger partial charge in [-0.05, 0) is 11.6 Å². The van der Waals surface area contributed by atoms with Crippen molar-refractivity contribution < 1.29 is 4.79 Å². The molecule has 1 aromatic rings. The molecule has 1 N–H and O–H groups in total. The van der Waals surface area contributed by atoms with Gasteiger partial charge in [-0.25, -0.2) is 0 Å². The largest absolute Gasteiger partial charge is 0.372 e. The molecule has 0 bridgehead atoms. The second kappa shape index (κ2) is 3.29. The summed E-state index contributed by atoms with van der Waals surface area (Å²) >= 11 is 0.